The molecule has 0 saturated carbocycles. The van der Waals surface area contributed by atoms with Crippen molar-refractivity contribution in [3.05, 3.63) is 12.3 Å². The van der Waals surface area contributed by atoms with E-state index in [-0.39, 0.29) is 0 Å². The Kier molecular flexibility index (Phi) is 3.52. The molecule has 0 unspecified atom stereocenters. The van der Waals surface area contributed by atoms with Crippen LogP contribution in [0.15, 0.2) is 12.3 Å². The summed E-state index contributed by atoms with van der Waals surface area (Å²) in [5.74, 6) is 0.655. The fourth-order valence-corrected chi connectivity index (χ4v) is 1.83. The molecule has 2 heteroatoms. The highest BCUT2D eigenvalue weighted by Gasteiger charge is 2.22. The van der Waals surface area contributed by atoms with E-state index in [2.05, 4.69) is 18.4 Å². The van der Waals surface area contributed by atoms with E-state index in [1.807, 2.05) is 0 Å². The lowest BCUT2D eigenvalue weighted by Crippen LogP contribution is -2.34. The number of hydrogen-bond donors (Lipinski definition) is 0. The smallest absolute Gasteiger partial charge is 0.133 e. The maximum Gasteiger partial charge on any atom is 0.133 e. The molecule has 0 atom stereocenters. The minimum Gasteiger partial charge on any atom is -0.375 e. The predicted molar refractivity (Wildman–Crippen MR) is 54.4 cm³/mol. The molecule has 0 aliphatic carbocycles. The Bertz CT molecular complexity index is 202. The quantitative estimate of drug-likeness (QED) is 0.665. The molecule has 1 rings (SSSR count). The number of carbonyl (C=O) groups is 1. The highest BCUT2D eigenvalue weighted by Crippen LogP contribution is 2.21. The Morgan fingerprint density at radius 3 is 2.38 bits per heavy atom. The van der Waals surface area contributed by atoms with E-state index in [1.165, 1.54) is 5.70 Å². The molecule has 0 bridgehead atoms. The Hall–Kier alpha value is -0.790. The fourth-order valence-electron chi connectivity index (χ4n) is 1.83. The second-order valence-corrected chi connectivity index (χ2v) is 3.79. The van der Waals surface area contributed by atoms with Crippen molar-refractivity contribution in [3.63, 3.8) is 0 Å². The van der Waals surface area contributed by atoms with Crippen LogP contribution in [0.25, 0.3) is 0 Å². The van der Waals surface area contributed by atoms with Crippen LogP contribution in [-0.4, -0.2) is 23.8 Å². The molecule has 0 aromatic rings. The molecule has 1 aliphatic heterocycles. The largest absolute Gasteiger partial charge is 0.375 e. The Balaban J connectivity index is 2.39. The van der Waals surface area contributed by atoms with E-state index in [0.29, 0.717) is 11.7 Å². The number of ketones is 1. The lowest BCUT2D eigenvalue weighted by molar-refractivity contribution is -0.121. The van der Waals surface area contributed by atoms with Crippen LogP contribution in [0.1, 0.15) is 33.1 Å². The molecule has 0 amide bonds. The van der Waals surface area contributed by atoms with Crippen LogP contribution >= 0.6 is 0 Å². The first kappa shape index (κ1) is 10.3. The lowest BCUT2D eigenvalue weighted by atomic mass is 9.93. The normalized spacial score (nSPS) is 18.8. The number of allylic oxidation sites excluding steroid dienone is 1. The van der Waals surface area contributed by atoms with Crippen molar-refractivity contribution in [2.24, 2.45) is 5.92 Å². The molecule has 2 nitrogen and oxygen atoms in total. The zero-order chi connectivity index (χ0) is 9.84. The Morgan fingerprint density at radius 2 is 2.00 bits per heavy atom. The molecule has 0 spiro atoms. The van der Waals surface area contributed by atoms with Crippen molar-refractivity contribution in [2.75, 3.05) is 13.1 Å². The van der Waals surface area contributed by atoms with Gasteiger partial charge in [0.15, 0.2) is 0 Å². The monoisotopic (exact) mass is 181 g/mol. The van der Waals surface area contributed by atoms with Crippen LogP contribution in [0.2, 0.25) is 0 Å². The first-order valence-corrected chi connectivity index (χ1v) is 5.08. The number of rotatable bonds is 3. The summed E-state index contributed by atoms with van der Waals surface area (Å²) < 4.78 is 0. The molecule has 74 valence electrons. The lowest BCUT2D eigenvalue weighted by Gasteiger charge is -2.33. The van der Waals surface area contributed by atoms with Crippen LogP contribution in [0, 0.1) is 5.92 Å². The van der Waals surface area contributed by atoms with Crippen LogP contribution < -0.4 is 0 Å². The summed E-state index contributed by atoms with van der Waals surface area (Å²) in [6.45, 7) is 9.86. The number of likely N-dealkylation sites (tertiary alicyclic amines) is 1. The minimum absolute atomic E-state index is 0.306. The van der Waals surface area contributed by atoms with E-state index in [4.69, 9.17) is 0 Å². The molecule has 1 aliphatic rings. The molecular weight excluding hydrogens is 162 g/mol. The standard InChI is InChI=1S/C11H19NO/c1-4-9(2)12-7-5-11(6-8-12)10(3)13/h11H,2,4-8H2,1,3H3. The third kappa shape index (κ3) is 2.58. The Morgan fingerprint density at radius 1 is 1.46 bits per heavy atom. The highest BCUT2D eigenvalue weighted by atomic mass is 16.1. The first-order chi connectivity index (χ1) is 6.15. The van der Waals surface area contributed by atoms with Crippen LogP contribution in [0.4, 0.5) is 0 Å². The van der Waals surface area contributed by atoms with Crippen molar-refractivity contribution >= 4 is 5.78 Å². The van der Waals surface area contributed by atoms with Crippen LogP contribution in [0.3, 0.4) is 0 Å². The number of Topliss-reactive ketones (excluding diaryl/α,β-unsaturated/α-hetero) is 1. The summed E-state index contributed by atoms with van der Waals surface area (Å²) in [7, 11) is 0. The second-order valence-electron chi connectivity index (χ2n) is 3.79. The molecule has 1 fully saturated rings. The van der Waals surface area contributed by atoms with Gasteiger partial charge in [-0.15, -0.1) is 0 Å². The average Bonchev–Trinajstić information content (AvgIpc) is 2.17. The van der Waals surface area contributed by atoms with Gasteiger partial charge in [-0.3, -0.25) is 4.79 Å². The van der Waals surface area contributed by atoms with Gasteiger partial charge in [0, 0.05) is 24.7 Å². The number of hydrogen-bond acceptors (Lipinski definition) is 2. The highest BCUT2D eigenvalue weighted by molar-refractivity contribution is 5.78. The fraction of sp³-hybridized carbons (Fsp3) is 0.727. The SMILES string of the molecule is C=C(CC)N1CCC(C(C)=O)CC1. The van der Waals surface area contributed by atoms with Gasteiger partial charge in [0.05, 0.1) is 0 Å². The molecule has 0 N–H and O–H groups in total. The van der Waals surface area contributed by atoms with Crippen molar-refractivity contribution < 1.29 is 4.79 Å². The van der Waals surface area contributed by atoms with Gasteiger partial charge in [0.2, 0.25) is 0 Å². The van der Waals surface area contributed by atoms with E-state index < -0.39 is 0 Å². The molecular formula is C11H19NO. The van der Waals surface area contributed by atoms with Crippen molar-refractivity contribution in [1.82, 2.24) is 4.90 Å². The van der Waals surface area contributed by atoms with E-state index in [9.17, 15) is 4.79 Å². The van der Waals surface area contributed by atoms with E-state index in [0.717, 1.165) is 32.4 Å². The van der Waals surface area contributed by atoms with Gasteiger partial charge in [-0.05, 0) is 26.2 Å². The van der Waals surface area contributed by atoms with Gasteiger partial charge in [-0.2, -0.15) is 0 Å². The number of piperidine rings is 1. The molecule has 13 heavy (non-hydrogen) atoms. The summed E-state index contributed by atoms with van der Waals surface area (Å²) in [6.07, 6.45) is 3.04. The second kappa shape index (κ2) is 4.45. The molecule has 0 aromatic heterocycles. The molecule has 1 heterocycles. The number of nitrogens with zero attached hydrogens (tertiary/aromatic N) is 1. The summed E-state index contributed by atoms with van der Waals surface area (Å²) in [5.41, 5.74) is 1.21. The minimum atomic E-state index is 0.306. The maximum absolute atomic E-state index is 11.1. The van der Waals surface area contributed by atoms with E-state index >= 15 is 0 Å². The topological polar surface area (TPSA) is 20.3 Å². The van der Waals surface area contributed by atoms with Gasteiger partial charge < -0.3 is 4.90 Å². The predicted octanol–water partition coefficient (Wildman–Crippen LogP) is 2.21. The summed E-state index contributed by atoms with van der Waals surface area (Å²) in [5, 5.41) is 0. The average molecular weight is 181 g/mol. The molecule has 0 aromatic carbocycles. The van der Waals surface area contributed by atoms with Gasteiger partial charge in [-0.25, -0.2) is 0 Å². The molecule has 0 radical (unpaired) electrons. The summed E-state index contributed by atoms with van der Waals surface area (Å²) >= 11 is 0. The Labute approximate surface area is 80.6 Å². The van der Waals surface area contributed by atoms with Crippen LogP contribution in [0.5, 0.6) is 0 Å². The number of carbonyl (C=O) groups excluding carboxylic acids is 1. The van der Waals surface area contributed by atoms with E-state index in [1.54, 1.807) is 6.92 Å². The first-order valence-electron chi connectivity index (χ1n) is 5.08. The van der Waals surface area contributed by atoms with Gasteiger partial charge in [-0.1, -0.05) is 13.5 Å². The van der Waals surface area contributed by atoms with Gasteiger partial charge in [0.25, 0.3) is 0 Å². The van der Waals surface area contributed by atoms with Crippen molar-refractivity contribution in [1.29, 1.82) is 0 Å². The van der Waals surface area contributed by atoms with Gasteiger partial charge in [0.1, 0.15) is 5.78 Å². The van der Waals surface area contributed by atoms with Crippen LogP contribution in [-0.2, 0) is 4.79 Å². The summed E-state index contributed by atoms with van der Waals surface area (Å²) in [4.78, 5) is 13.4. The maximum atomic E-state index is 11.1. The van der Waals surface area contributed by atoms with Crippen molar-refractivity contribution in [3.8, 4) is 0 Å². The third-order valence-corrected chi connectivity index (χ3v) is 2.93. The zero-order valence-electron chi connectivity index (χ0n) is 8.68. The zero-order valence-corrected chi connectivity index (χ0v) is 8.68. The molecule has 1 saturated heterocycles. The third-order valence-electron chi connectivity index (χ3n) is 2.93. The van der Waals surface area contributed by atoms with Crippen molar-refractivity contribution in [2.45, 2.75) is 33.1 Å². The van der Waals surface area contributed by atoms with Gasteiger partial charge >= 0.3 is 0 Å². The summed E-state index contributed by atoms with van der Waals surface area (Å²) in [6, 6.07) is 0.